The third kappa shape index (κ3) is 3.48. The van der Waals surface area contributed by atoms with Gasteiger partial charge in [0.15, 0.2) is 0 Å². The van der Waals surface area contributed by atoms with Crippen molar-refractivity contribution in [2.24, 2.45) is 16.7 Å². The highest BCUT2D eigenvalue weighted by Crippen LogP contribution is 2.41. The Bertz CT molecular complexity index is 277. The second kappa shape index (κ2) is 5.13. The van der Waals surface area contributed by atoms with Gasteiger partial charge in [-0.2, -0.15) is 0 Å². The van der Waals surface area contributed by atoms with E-state index in [1.807, 2.05) is 0 Å². The average molecular weight is 252 g/mol. The van der Waals surface area contributed by atoms with Crippen LogP contribution in [-0.2, 0) is 0 Å². The molecule has 1 heterocycles. The van der Waals surface area contributed by atoms with Gasteiger partial charge in [-0.15, -0.1) is 0 Å². The van der Waals surface area contributed by atoms with Gasteiger partial charge in [0.2, 0.25) is 0 Å². The molecule has 2 unspecified atom stereocenters. The van der Waals surface area contributed by atoms with Crippen molar-refractivity contribution in [2.75, 3.05) is 26.7 Å². The van der Waals surface area contributed by atoms with Crippen LogP contribution in [0, 0.1) is 16.7 Å². The highest BCUT2D eigenvalue weighted by molar-refractivity contribution is 4.93. The molecular weight excluding hydrogens is 220 g/mol. The Labute approximate surface area is 114 Å². The van der Waals surface area contributed by atoms with Crippen molar-refractivity contribution in [3.8, 4) is 0 Å². The van der Waals surface area contributed by atoms with Crippen molar-refractivity contribution in [1.82, 2.24) is 10.2 Å². The van der Waals surface area contributed by atoms with Crippen molar-refractivity contribution in [3.63, 3.8) is 0 Å². The molecular formula is C16H32N2. The predicted octanol–water partition coefficient (Wildman–Crippen LogP) is 3.13. The van der Waals surface area contributed by atoms with Crippen molar-refractivity contribution >= 4 is 0 Å². The molecule has 1 aliphatic carbocycles. The molecule has 1 saturated carbocycles. The number of piperidine rings is 1. The predicted molar refractivity (Wildman–Crippen MR) is 78.8 cm³/mol. The minimum atomic E-state index is 0.527. The third-order valence-corrected chi connectivity index (χ3v) is 5.32. The first-order valence-corrected chi connectivity index (χ1v) is 7.72. The van der Waals surface area contributed by atoms with Crippen molar-refractivity contribution < 1.29 is 0 Å². The number of rotatable bonds is 3. The Kier molecular flexibility index (Phi) is 4.08. The number of hydrogen-bond acceptors (Lipinski definition) is 2. The van der Waals surface area contributed by atoms with E-state index >= 15 is 0 Å². The summed E-state index contributed by atoms with van der Waals surface area (Å²) in [6, 6.07) is 0.747. The summed E-state index contributed by atoms with van der Waals surface area (Å²) in [4.78, 5) is 2.46. The molecule has 18 heavy (non-hydrogen) atoms. The van der Waals surface area contributed by atoms with Crippen LogP contribution in [0.1, 0.15) is 53.4 Å². The van der Waals surface area contributed by atoms with E-state index in [1.54, 1.807) is 0 Å². The van der Waals surface area contributed by atoms with Crippen LogP contribution in [0.5, 0.6) is 0 Å². The van der Waals surface area contributed by atoms with Crippen LogP contribution in [-0.4, -0.2) is 37.6 Å². The van der Waals surface area contributed by atoms with Gasteiger partial charge in [0.25, 0.3) is 0 Å². The molecule has 0 aromatic rings. The van der Waals surface area contributed by atoms with Gasteiger partial charge >= 0.3 is 0 Å². The summed E-state index contributed by atoms with van der Waals surface area (Å²) in [5.74, 6) is 0.842. The summed E-state index contributed by atoms with van der Waals surface area (Å²) in [6.45, 7) is 13.5. The summed E-state index contributed by atoms with van der Waals surface area (Å²) >= 11 is 0. The molecule has 106 valence electrons. The smallest absolute Gasteiger partial charge is 0.00982 e. The summed E-state index contributed by atoms with van der Waals surface area (Å²) in [6.07, 6.45) is 5.43. The lowest BCUT2D eigenvalue weighted by Crippen LogP contribution is -2.45. The van der Waals surface area contributed by atoms with Crippen molar-refractivity contribution in [1.29, 1.82) is 0 Å². The van der Waals surface area contributed by atoms with E-state index in [0.29, 0.717) is 10.8 Å². The summed E-state index contributed by atoms with van der Waals surface area (Å²) in [5, 5.41) is 3.89. The number of nitrogens with one attached hydrogen (secondary N) is 1. The summed E-state index contributed by atoms with van der Waals surface area (Å²) in [7, 11) is 2.24. The third-order valence-electron chi connectivity index (χ3n) is 5.32. The Morgan fingerprint density at radius 2 is 1.72 bits per heavy atom. The van der Waals surface area contributed by atoms with Gasteiger partial charge in [0.05, 0.1) is 0 Å². The van der Waals surface area contributed by atoms with E-state index < -0.39 is 0 Å². The number of likely N-dealkylation sites (tertiary alicyclic amines) is 1. The molecule has 0 aromatic carbocycles. The fourth-order valence-electron chi connectivity index (χ4n) is 3.88. The number of nitrogens with zero attached hydrogens (tertiary/aromatic N) is 1. The standard InChI is InChI=1S/C16H32N2/c1-13-10-15(2,3)11-14(13)17-12-16(4)6-8-18(5)9-7-16/h13-14,17H,6-12H2,1-5H3. The second-order valence-corrected chi connectivity index (χ2v) is 8.15. The molecule has 0 aromatic heterocycles. The van der Waals surface area contributed by atoms with Gasteiger partial charge in [0.1, 0.15) is 0 Å². The molecule has 2 fully saturated rings. The maximum absolute atomic E-state index is 3.89. The first-order valence-electron chi connectivity index (χ1n) is 7.72. The van der Waals surface area contributed by atoms with Crippen molar-refractivity contribution in [2.45, 2.75) is 59.4 Å². The molecule has 2 rings (SSSR count). The summed E-state index contributed by atoms with van der Waals surface area (Å²) < 4.78 is 0. The summed E-state index contributed by atoms with van der Waals surface area (Å²) in [5.41, 5.74) is 1.07. The Hall–Kier alpha value is -0.0800. The quantitative estimate of drug-likeness (QED) is 0.830. The van der Waals surface area contributed by atoms with Crippen LogP contribution in [0.2, 0.25) is 0 Å². The average Bonchev–Trinajstić information content (AvgIpc) is 2.54. The van der Waals surface area contributed by atoms with E-state index in [2.05, 4.69) is 45.0 Å². The highest BCUT2D eigenvalue weighted by Gasteiger charge is 2.37. The SMILES string of the molecule is CC1CC(C)(C)CC1NCC1(C)CCN(C)CC1. The molecule has 1 saturated heterocycles. The molecule has 1 N–H and O–H groups in total. The maximum Gasteiger partial charge on any atom is 0.00982 e. The Morgan fingerprint density at radius 3 is 2.22 bits per heavy atom. The highest BCUT2D eigenvalue weighted by atomic mass is 15.1. The lowest BCUT2D eigenvalue weighted by Gasteiger charge is -2.39. The fourth-order valence-corrected chi connectivity index (χ4v) is 3.88. The lowest BCUT2D eigenvalue weighted by molar-refractivity contribution is 0.131. The molecule has 2 aliphatic rings. The molecule has 0 bridgehead atoms. The van der Waals surface area contributed by atoms with Crippen LogP contribution in [0.3, 0.4) is 0 Å². The number of hydrogen-bond donors (Lipinski definition) is 1. The maximum atomic E-state index is 3.89. The zero-order valence-corrected chi connectivity index (χ0v) is 13.1. The largest absolute Gasteiger partial charge is 0.313 e. The van der Waals surface area contributed by atoms with Crippen LogP contribution in [0.25, 0.3) is 0 Å². The molecule has 0 spiro atoms. The van der Waals surface area contributed by atoms with Gasteiger partial charge in [-0.3, -0.25) is 0 Å². The van der Waals surface area contributed by atoms with Gasteiger partial charge in [-0.25, -0.2) is 0 Å². The monoisotopic (exact) mass is 252 g/mol. The van der Waals surface area contributed by atoms with Crippen LogP contribution in [0.15, 0.2) is 0 Å². The zero-order valence-electron chi connectivity index (χ0n) is 13.1. The van der Waals surface area contributed by atoms with E-state index in [-0.39, 0.29) is 0 Å². The normalized spacial score (nSPS) is 35.8. The van der Waals surface area contributed by atoms with Gasteiger partial charge < -0.3 is 10.2 Å². The van der Waals surface area contributed by atoms with E-state index in [0.717, 1.165) is 12.0 Å². The van der Waals surface area contributed by atoms with Crippen LogP contribution in [0.4, 0.5) is 0 Å². The first-order chi connectivity index (χ1) is 8.30. The minimum absolute atomic E-state index is 0.527. The minimum Gasteiger partial charge on any atom is -0.313 e. The van der Waals surface area contributed by atoms with E-state index in [4.69, 9.17) is 0 Å². The molecule has 2 heteroatoms. The lowest BCUT2D eigenvalue weighted by atomic mass is 9.80. The second-order valence-electron chi connectivity index (χ2n) is 8.15. The van der Waals surface area contributed by atoms with E-state index in [9.17, 15) is 0 Å². The van der Waals surface area contributed by atoms with Crippen molar-refractivity contribution in [3.05, 3.63) is 0 Å². The van der Waals surface area contributed by atoms with Crippen LogP contribution >= 0.6 is 0 Å². The first kappa shape index (κ1) is 14.3. The van der Waals surface area contributed by atoms with Gasteiger partial charge in [-0.05, 0) is 62.6 Å². The molecule has 0 radical (unpaired) electrons. The van der Waals surface area contributed by atoms with Crippen LogP contribution < -0.4 is 5.32 Å². The zero-order chi connectivity index (χ0) is 13.4. The van der Waals surface area contributed by atoms with Gasteiger partial charge in [0, 0.05) is 12.6 Å². The van der Waals surface area contributed by atoms with Gasteiger partial charge in [-0.1, -0.05) is 27.7 Å². The molecule has 2 nitrogen and oxygen atoms in total. The Balaban J connectivity index is 1.81. The molecule has 2 atom stereocenters. The molecule has 1 aliphatic heterocycles. The molecule has 0 amide bonds. The fraction of sp³-hybridized carbons (Fsp3) is 1.00. The van der Waals surface area contributed by atoms with E-state index in [1.165, 1.54) is 45.3 Å². The topological polar surface area (TPSA) is 15.3 Å². The Morgan fingerprint density at radius 1 is 1.11 bits per heavy atom.